The largest absolute Gasteiger partial charge is 0.343 e. The molecule has 0 bridgehead atoms. The molecule has 0 aromatic carbocycles. The highest BCUT2D eigenvalue weighted by molar-refractivity contribution is 9.10. The Morgan fingerprint density at radius 1 is 1.50 bits per heavy atom. The predicted octanol–water partition coefficient (Wildman–Crippen LogP) is 2.08. The van der Waals surface area contributed by atoms with Crippen LogP contribution < -0.4 is 0 Å². The molecule has 0 heterocycles. The first-order valence-electron chi connectivity index (χ1n) is 2.31. The van der Waals surface area contributed by atoms with Crippen LogP contribution in [0.1, 0.15) is 6.42 Å². The first-order chi connectivity index (χ1) is 4.34. The van der Waals surface area contributed by atoms with Gasteiger partial charge in [-0.05, 0) is 0 Å². The molecule has 0 saturated heterocycles. The second-order valence-corrected chi connectivity index (χ2v) is 6.44. The molecule has 10 heavy (non-hydrogen) atoms. The van der Waals surface area contributed by atoms with Crippen molar-refractivity contribution in [3.63, 3.8) is 0 Å². The van der Waals surface area contributed by atoms with E-state index >= 15 is 0 Å². The van der Waals surface area contributed by atoms with Crippen LogP contribution in [-0.4, -0.2) is 19.2 Å². The Kier molecular flexibility index (Phi) is 4.81. The second kappa shape index (κ2) is 4.29. The van der Waals surface area contributed by atoms with E-state index in [1.165, 1.54) is 0 Å². The highest BCUT2D eigenvalue weighted by atomic mass is 79.9. The second-order valence-electron chi connectivity index (χ2n) is 1.65. The minimum atomic E-state index is -4.16. The standard InChI is InChI=1S/C3H6BrCl2O3P/c4-2(5)1-3(6)10(7,8)9/h2-3H,1H2,(H2,7,8,9). The minimum Gasteiger partial charge on any atom is -0.323 e. The number of hydrogen-bond donors (Lipinski definition) is 2. The summed E-state index contributed by atoms with van der Waals surface area (Å²) >= 11 is 13.5. The van der Waals surface area contributed by atoms with E-state index in [0.29, 0.717) is 0 Å². The first-order valence-corrected chi connectivity index (χ1v) is 5.78. The number of hydrogen-bond acceptors (Lipinski definition) is 1. The van der Waals surface area contributed by atoms with Crippen LogP contribution in [0.25, 0.3) is 0 Å². The van der Waals surface area contributed by atoms with Crippen molar-refractivity contribution in [3.05, 3.63) is 0 Å². The molecule has 62 valence electrons. The Labute approximate surface area is 77.0 Å². The molecule has 0 aliphatic rings. The van der Waals surface area contributed by atoms with E-state index in [2.05, 4.69) is 15.9 Å². The van der Waals surface area contributed by atoms with Gasteiger partial charge in [0.25, 0.3) is 0 Å². The zero-order valence-corrected chi connectivity index (χ0v) is 8.74. The Bertz CT molecular complexity index is 147. The van der Waals surface area contributed by atoms with Crippen molar-refractivity contribution in [2.24, 2.45) is 0 Å². The molecule has 0 spiro atoms. The van der Waals surface area contributed by atoms with Crippen molar-refractivity contribution in [2.45, 2.75) is 15.8 Å². The van der Waals surface area contributed by atoms with Crippen molar-refractivity contribution in [3.8, 4) is 0 Å². The summed E-state index contributed by atoms with van der Waals surface area (Å²) in [6.45, 7) is 0. The van der Waals surface area contributed by atoms with Gasteiger partial charge in [0, 0.05) is 6.42 Å². The number of halogens is 3. The molecule has 0 rings (SSSR count). The first kappa shape index (κ1) is 11.2. The van der Waals surface area contributed by atoms with Crippen LogP contribution in [0.4, 0.5) is 0 Å². The lowest BCUT2D eigenvalue weighted by molar-refractivity contribution is 0.368. The van der Waals surface area contributed by atoms with Gasteiger partial charge in [-0.15, -0.1) is 23.2 Å². The number of alkyl halides is 3. The molecule has 0 fully saturated rings. The van der Waals surface area contributed by atoms with E-state index in [4.69, 9.17) is 33.0 Å². The molecule has 7 heteroatoms. The summed E-state index contributed by atoms with van der Waals surface area (Å²) in [6.07, 6.45) is 0.0351. The third-order valence-corrected chi connectivity index (χ3v) is 3.17. The zero-order chi connectivity index (χ0) is 8.36. The molecular formula is C3H6BrCl2O3P. The number of rotatable bonds is 3. The van der Waals surface area contributed by atoms with Crippen LogP contribution in [0.2, 0.25) is 0 Å². The monoisotopic (exact) mass is 270 g/mol. The predicted molar refractivity (Wildman–Crippen MR) is 44.9 cm³/mol. The summed E-state index contributed by atoms with van der Waals surface area (Å²) in [7, 11) is -4.16. The van der Waals surface area contributed by atoms with Gasteiger partial charge in [-0.1, -0.05) is 15.9 Å². The molecule has 0 radical (unpaired) electrons. The molecule has 0 saturated carbocycles. The molecule has 0 aromatic heterocycles. The van der Waals surface area contributed by atoms with E-state index < -0.39 is 17.0 Å². The zero-order valence-electron chi connectivity index (χ0n) is 4.75. The maximum atomic E-state index is 10.3. The summed E-state index contributed by atoms with van der Waals surface area (Å²) in [4.78, 5) is 16.9. The SMILES string of the molecule is O=P(O)(O)C(Cl)CC(Cl)Br. The van der Waals surface area contributed by atoms with Gasteiger partial charge in [0.2, 0.25) is 0 Å². The van der Waals surface area contributed by atoms with E-state index in [9.17, 15) is 4.57 Å². The molecular weight excluding hydrogens is 266 g/mol. The maximum Gasteiger partial charge on any atom is 0.343 e. The van der Waals surface area contributed by atoms with E-state index in [1.54, 1.807) is 0 Å². The van der Waals surface area contributed by atoms with Crippen LogP contribution >= 0.6 is 46.7 Å². The Morgan fingerprint density at radius 3 is 2.00 bits per heavy atom. The van der Waals surface area contributed by atoms with Crippen LogP contribution in [-0.2, 0) is 4.57 Å². The molecule has 2 atom stereocenters. The lowest BCUT2D eigenvalue weighted by Gasteiger charge is -2.10. The molecule has 0 aliphatic heterocycles. The molecule has 2 N–H and O–H groups in total. The molecule has 0 amide bonds. The van der Waals surface area contributed by atoms with Crippen molar-refractivity contribution >= 4 is 46.7 Å². The van der Waals surface area contributed by atoms with Crippen molar-refractivity contribution in [1.82, 2.24) is 0 Å². The summed E-state index contributed by atoms with van der Waals surface area (Å²) in [5.41, 5.74) is 0. The van der Waals surface area contributed by atoms with E-state index in [0.717, 1.165) is 0 Å². The lowest BCUT2D eigenvalue weighted by Crippen LogP contribution is -2.03. The van der Waals surface area contributed by atoms with E-state index in [1.807, 2.05) is 0 Å². The highest BCUT2D eigenvalue weighted by Gasteiger charge is 2.27. The maximum absolute atomic E-state index is 10.3. The van der Waals surface area contributed by atoms with Crippen molar-refractivity contribution in [2.75, 3.05) is 0 Å². The topological polar surface area (TPSA) is 57.5 Å². The van der Waals surface area contributed by atoms with E-state index in [-0.39, 0.29) is 6.42 Å². The van der Waals surface area contributed by atoms with Gasteiger partial charge in [-0.25, -0.2) is 0 Å². The van der Waals surface area contributed by atoms with Crippen LogP contribution in [0.3, 0.4) is 0 Å². The Balaban J connectivity index is 3.86. The van der Waals surface area contributed by atoms with Gasteiger partial charge in [-0.2, -0.15) is 0 Å². The molecule has 0 aromatic rings. The van der Waals surface area contributed by atoms with Gasteiger partial charge >= 0.3 is 7.60 Å². The minimum absolute atomic E-state index is 0.0351. The normalized spacial score (nSPS) is 18.5. The summed E-state index contributed by atoms with van der Waals surface area (Å²) in [6, 6.07) is 0. The quantitative estimate of drug-likeness (QED) is 0.610. The molecule has 3 nitrogen and oxygen atoms in total. The summed E-state index contributed by atoms with van der Waals surface area (Å²) in [5.74, 6) is 0. The Hall–Kier alpha value is 1.21. The third kappa shape index (κ3) is 4.94. The fraction of sp³-hybridized carbons (Fsp3) is 1.00. The van der Waals surface area contributed by atoms with Gasteiger partial charge in [0.05, 0.1) is 4.29 Å². The molecule has 2 unspecified atom stereocenters. The fourth-order valence-electron chi connectivity index (χ4n) is 0.284. The Morgan fingerprint density at radius 2 is 1.90 bits per heavy atom. The van der Waals surface area contributed by atoms with Gasteiger partial charge in [-0.3, -0.25) is 4.57 Å². The van der Waals surface area contributed by atoms with Crippen molar-refractivity contribution in [1.29, 1.82) is 0 Å². The van der Waals surface area contributed by atoms with Gasteiger partial charge < -0.3 is 9.79 Å². The fourth-order valence-corrected chi connectivity index (χ4v) is 2.22. The van der Waals surface area contributed by atoms with Crippen LogP contribution in [0, 0.1) is 0 Å². The molecule has 0 aliphatic carbocycles. The smallest absolute Gasteiger partial charge is 0.323 e. The average molecular weight is 272 g/mol. The highest BCUT2D eigenvalue weighted by Crippen LogP contribution is 2.46. The average Bonchev–Trinajstić information content (AvgIpc) is 1.60. The summed E-state index contributed by atoms with van der Waals surface area (Å²) < 4.78 is 9.85. The van der Waals surface area contributed by atoms with Crippen molar-refractivity contribution < 1.29 is 14.4 Å². The van der Waals surface area contributed by atoms with Gasteiger partial charge in [0.1, 0.15) is 5.12 Å². The van der Waals surface area contributed by atoms with Crippen LogP contribution in [0.5, 0.6) is 0 Å². The van der Waals surface area contributed by atoms with Gasteiger partial charge in [0.15, 0.2) is 0 Å². The third-order valence-electron chi connectivity index (χ3n) is 0.738. The summed E-state index contributed by atoms with van der Waals surface area (Å²) in [5, 5.41) is -1.20. The van der Waals surface area contributed by atoms with Crippen LogP contribution in [0.15, 0.2) is 0 Å². The lowest BCUT2D eigenvalue weighted by atomic mass is 10.6.